The number of benzene rings is 1. The molecule has 0 saturated carbocycles. The fourth-order valence-corrected chi connectivity index (χ4v) is 1.86. The average molecular weight is 349 g/mol. The number of nitrogens with two attached hydrogens (primary N) is 1. The second kappa shape index (κ2) is 4.61. The maximum Gasteiger partial charge on any atom is 0.573 e. The van der Waals surface area contributed by atoms with E-state index in [1.165, 1.54) is 12.1 Å². The van der Waals surface area contributed by atoms with Crippen LogP contribution in [0.4, 0.5) is 18.9 Å². The van der Waals surface area contributed by atoms with Crippen molar-refractivity contribution in [2.45, 2.75) is 11.7 Å². The molecule has 7 heteroatoms. The predicted molar refractivity (Wildman–Crippen MR) is 57.9 cm³/mol. The van der Waals surface area contributed by atoms with Gasteiger partial charge < -0.3 is 10.5 Å². The monoisotopic (exact) mass is 347 g/mol. The Kier molecular flexibility index (Phi) is 3.88. The SMILES string of the molecule is Nc1cc(Br)c(OC(F)(F)F)cc1CBr. The standard InChI is InChI=1S/C8H6Br2F3NO/c9-3-4-1-7(15-8(11,12)13)5(10)2-6(4)14/h1-2H,3,14H2. The Balaban J connectivity index is 3.08. The number of nitrogen functional groups attached to an aromatic ring is 1. The summed E-state index contributed by atoms with van der Waals surface area (Å²) < 4.78 is 39.9. The van der Waals surface area contributed by atoms with Crippen LogP contribution in [0.5, 0.6) is 5.75 Å². The molecule has 1 rings (SSSR count). The van der Waals surface area contributed by atoms with E-state index in [9.17, 15) is 13.2 Å². The molecule has 0 aliphatic heterocycles. The molecule has 0 bridgehead atoms. The lowest BCUT2D eigenvalue weighted by Crippen LogP contribution is -2.17. The van der Waals surface area contributed by atoms with Crippen molar-refractivity contribution in [3.8, 4) is 5.75 Å². The van der Waals surface area contributed by atoms with Gasteiger partial charge in [-0.1, -0.05) is 15.9 Å². The van der Waals surface area contributed by atoms with Crippen LogP contribution in [0.25, 0.3) is 0 Å². The Bertz CT molecular complexity index is 368. The maximum atomic E-state index is 12.0. The molecule has 0 aliphatic rings. The zero-order chi connectivity index (χ0) is 11.6. The zero-order valence-corrected chi connectivity index (χ0v) is 10.4. The third-order valence-corrected chi connectivity index (χ3v) is 2.79. The van der Waals surface area contributed by atoms with Gasteiger partial charge in [0.1, 0.15) is 5.75 Å². The molecule has 0 amide bonds. The normalized spacial score (nSPS) is 11.5. The molecule has 84 valence electrons. The Hall–Kier alpha value is -0.430. The van der Waals surface area contributed by atoms with Gasteiger partial charge in [0.25, 0.3) is 0 Å². The van der Waals surface area contributed by atoms with Crippen LogP contribution in [0.3, 0.4) is 0 Å². The molecule has 0 aromatic heterocycles. The van der Waals surface area contributed by atoms with E-state index >= 15 is 0 Å². The lowest BCUT2D eigenvalue weighted by Gasteiger charge is -2.12. The van der Waals surface area contributed by atoms with Crippen molar-refractivity contribution in [2.75, 3.05) is 5.73 Å². The Labute approximate surface area is 101 Å². The largest absolute Gasteiger partial charge is 0.573 e. The van der Waals surface area contributed by atoms with Gasteiger partial charge in [-0.3, -0.25) is 0 Å². The van der Waals surface area contributed by atoms with Crippen LogP contribution in [0.15, 0.2) is 16.6 Å². The molecule has 0 spiro atoms. The summed E-state index contributed by atoms with van der Waals surface area (Å²) in [6.07, 6.45) is -4.71. The van der Waals surface area contributed by atoms with E-state index in [-0.39, 0.29) is 10.2 Å². The summed E-state index contributed by atoms with van der Waals surface area (Å²) in [4.78, 5) is 0. The lowest BCUT2D eigenvalue weighted by molar-refractivity contribution is -0.274. The summed E-state index contributed by atoms with van der Waals surface area (Å²) in [5.41, 5.74) is 6.50. The highest BCUT2D eigenvalue weighted by Crippen LogP contribution is 2.34. The predicted octanol–water partition coefficient (Wildman–Crippen LogP) is 3.82. The first-order chi connectivity index (χ1) is 6.83. The van der Waals surface area contributed by atoms with Crippen LogP contribution in [0, 0.1) is 0 Å². The summed E-state index contributed by atoms with van der Waals surface area (Å²) in [6.45, 7) is 0. The smallest absolute Gasteiger partial charge is 0.405 e. The number of alkyl halides is 4. The van der Waals surface area contributed by atoms with Gasteiger partial charge in [0.15, 0.2) is 0 Å². The van der Waals surface area contributed by atoms with Gasteiger partial charge in [-0.25, -0.2) is 0 Å². The topological polar surface area (TPSA) is 35.2 Å². The fourth-order valence-electron chi connectivity index (χ4n) is 0.929. The molecule has 15 heavy (non-hydrogen) atoms. The quantitative estimate of drug-likeness (QED) is 0.651. The summed E-state index contributed by atoms with van der Waals surface area (Å²) in [6, 6.07) is 2.61. The zero-order valence-electron chi connectivity index (χ0n) is 7.24. The van der Waals surface area contributed by atoms with Gasteiger partial charge in [0.2, 0.25) is 0 Å². The van der Waals surface area contributed by atoms with Crippen LogP contribution in [0.2, 0.25) is 0 Å². The molecule has 2 N–H and O–H groups in total. The van der Waals surface area contributed by atoms with E-state index in [0.29, 0.717) is 16.6 Å². The van der Waals surface area contributed by atoms with Gasteiger partial charge in [0.05, 0.1) is 4.47 Å². The van der Waals surface area contributed by atoms with Crippen molar-refractivity contribution in [3.63, 3.8) is 0 Å². The van der Waals surface area contributed by atoms with Crippen LogP contribution in [-0.2, 0) is 5.33 Å². The second-order valence-electron chi connectivity index (χ2n) is 2.66. The van der Waals surface area contributed by atoms with E-state index in [1.54, 1.807) is 0 Å². The highest BCUT2D eigenvalue weighted by Gasteiger charge is 2.32. The molecule has 0 aliphatic carbocycles. The lowest BCUT2D eigenvalue weighted by atomic mass is 10.2. The number of anilines is 1. The molecule has 0 radical (unpaired) electrons. The third kappa shape index (κ3) is 3.57. The number of halogens is 5. The Morgan fingerprint density at radius 3 is 2.40 bits per heavy atom. The Morgan fingerprint density at radius 2 is 1.93 bits per heavy atom. The molecule has 1 aromatic rings. The highest BCUT2D eigenvalue weighted by atomic mass is 79.9. The highest BCUT2D eigenvalue weighted by molar-refractivity contribution is 9.10. The van der Waals surface area contributed by atoms with Gasteiger partial charge >= 0.3 is 6.36 Å². The van der Waals surface area contributed by atoms with Crippen LogP contribution in [0.1, 0.15) is 5.56 Å². The van der Waals surface area contributed by atoms with Gasteiger partial charge in [-0.15, -0.1) is 13.2 Å². The van der Waals surface area contributed by atoms with Crippen molar-refractivity contribution in [3.05, 3.63) is 22.2 Å². The summed E-state index contributed by atoms with van der Waals surface area (Å²) in [5, 5.41) is 0.361. The Morgan fingerprint density at radius 1 is 1.33 bits per heavy atom. The molecule has 0 fully saturated rings. The third-order valence-electron chi connectivity index (χ3n) is 1.56. The van der Waals surface area contributed by atoms with Gasteiger partial charge in [-0.05, 0) is 33.6 Å². The number of ether oxygens (including phenoxy) is 1. The summed E-state index contributed by atoms with van der Waals surface area (Å²) >= 11 is 6.06. The number of hydrogen-bond acceptors (Lipinski definition) is 2. The molecule has 0 unspecified atom stereocenters. The van der Waals surface area contributed by atoms with Crippen molar-refractivity contribution in [1.29, 1.82) is 0 Å². The van der Waals surface area contributed by atoms with E-state index < -0.39 is 6.36 Å². The van der Waals surface area contributed by atoms with E-state index in [1.807, 2.05) is 0 Å². The minimum Gasteiger partial charge on any atom is -0.405 e. The van der Waals surface area contributed by atoms with E-state index in [0.717, 1.165) is 0 Å². The molecule has 1 aromatic carbocycles. The van der Waals surface area contributed by atoms with Crippen molar-refractivity contribution < 1.29 is 17.9 Å². The first kappa shape index (κ1) is 12.6. The first-order valence-corrected chi connectivity index (χ1v) is 5.64. The van der Waals surface area contributed by atoms with Crippen molar-refractivity contribution >= 4 is 37.5 Å². The van der Waals surface area contributed by atoms with E-state index in [4.69, 9.17) is 5.73 Å². The van der Waals surface area contributed by atoms with Crippen LogP contribution >= 0.6 is 31.9 Å². The molecule has 0 saturated heterocycles. The van der Waals surface area contributed by atoms with Gasteiger partial charge in [0, 0.05) is 11.0 Å². The van der Waals surface area contributed by atoms with Gasteiger partial charge in [-0.2, -0.15) is 0 Å². The fraction of sp³-hybridized carbons (Fsp3) is 0.250. The minimum absolute atomic E-state index is 0.169. The molecule has 0 heterocycles. The first-order valence-electron chi connectivity index (χ1n) is 3.73. The number of hydrogen-bond donors (Lipinski definition) is 1. The minimum atomic E-state index is -4.71. The second-order valence-corrected chi connectivity index (χ2v) is 4.08. The van der Waals surface area contributed by atoms with E-state index in [2.05, 4.69) is 36.6 Å². The van der Waals surface area contributed by atoms with Crippen molar-refractivity contribution in [2.24, 2.45) is 0 Å². The number of rotatable bonds is 2. The molecular weight excluding hydrogens is 343 g/mol. The van der Waals surface area contributed by atoms with Crippen LogP contribution in [-0.4, -0.2) is 6.36 Å². The molecule has 0 atom stereocenters. The summed E-state index contributed by atoms with van der Waals surface area (Å²) in [7, 11) is 0. The molecule has 2 nitrogen and oxygen atoms in total. The average Bonchev–Trinajstić information content (AvgIpc) is 2.07. The molecular formula is C8H6Br2F3NO. The maximum absolute atomic E-state index is 12.0. The van der Waals surface area contributed by atoms with Crippen LogP contribution < -0.4 is 10.5 Å². The summed E-state index contributed by atoms with van der Waals surface area (Å²) in [5.74, 6) is -0.300. The van der Waals surface area contributed by atoms with Crippen molar-refractivity contribution in [1.82, 2.24) is 0 Å².